The SMILES string of the molecule is O=C=NC1=NOCC1. The molecule has 42 valence electrons. The lowest BCUT2D eigenvalue weighted by Gasteiger charge is -1.75. The monoisotopic (exact) mass is 112 g/mol. The van der Waals surface area contributed by atoms with Crippen molar-refractivity contribution in [2.45, 2.75) is 6.42 Å². The average Bonchev–Trinajstić information content (AvgIpc) is 2.19. The molecule has 1 aliphatic heterocycles. The molecule has 0 amide bonds. The maximum atomic E-state index is 9.53. The summed E-state index contributed by atoms with van der Waals surface area (Å²) in [6, 6.07) is 0. The van der Waals surface area contributed by atoms with Crippen molar-refractivity contribution in [2.75, 3.05) is 6.61 Å². The highest BCUT2D eigenvalue weighted by Gasteiger charge is 2.04. The van der Waals surface area contributed by atoms with Crippen LogP contribution in [-0.2, 0) is 9.63 Å². The van der Waals surface area contributed by atoms with E-state index in [1.165, 1.54) is 6.08 Å². The summed E-state index contributed by atoms with van der Waals surface area (Å²) in [6.07, 6.45) is 1.99. The van der Waals surface area contributed by atoms with Crippen molar-refractivity contribution >= 4 is 11.9 Å². The minimum Gasteiger partial charge on any atom is -0.394 e. The molecule has 0 unspecified atom stereocenters. The van der Waals surface area contributed by atoms with E-state index >= 15 is 0 Å². The van der Waals surface area contributed by atoms with Crippen molar-refractivity contribution in [3.05, 3.63) is 0 Å². The fraction of sp³-hybridized carbons (Fsp3) is 0.500. The molecule has 0 saturated heterocycles. The normalized spacial score (nSPS) is 16.2. The summed E-state index contributed by atoms with van der Waals surface area (Å²) in [5.74, 6) is 0.431. The first-order chi connectivity index (χ1) is 3.93. The zero-order valence-electron chi connectivity index (χ0n) is 4.13. The largest absolute Gasteiger partial charge is 0.394 e. The topological polar surface area (TPSA) is 51.0 Å². The average molecular weight is 112 g/mol. The molecule has 0 aromatic heterocycles. The van der Waals surface area contributed by atoms with Crippen LogP contribution in [0.1, 0.15) is 6.42 Å². The molecule has 0 atom stereocenters. The molecule has 0 aromatic carbocycles. The zero-order valence-corrected chi connectivity index (χ0v) is 4.13. The minimum atomic E-state index is 0.431. The Morgan fingerprint density at radius 2 is 2.75 bits per heavy atom. The number of oxime groups is 1. The second-order valence-corrected chi connectivity index (χ2v) is 1.29. The lowest BCUT2D eigenvalue weighted by molar-refractivity contribution is 0.173. The van der Waals surface area contributed by atoms with Gasteiger partial charge in [-0.15, -0.1) is 4.99 Å². The summed E-state index contributed by atoms with van der Waals surface area (Å²) in [5.41, 5.74) is 0. The standard InChI is InChI=1S/C4H4N2O2/c7-3-5-4-1-2-8-6-4/h1-2H2. The summed E-state index contributed by atoms with van der Waals surface area (Å²) in [4.78, 5) is 17.3. The quantitative estimate of drug-likeness (QED) is 0.328. The van der Waals surface area contributed by atoms with Gasteiger partial charge >= 0.3 is 0 Å². The van der Waals surface area contributed by atoms with Crippen LogP contribution in [0.4, 0.5) is 0 Å². The number of rotatable bonds is 0. The molecule has 1 aliphatic rings. The van der Waals surface area contributed by atoms with Crippen molar-refractivity contribution in [2.24, 2.45) is 10.1 Å². The zero-order chi connectivity index (χ0) is 5.82. The Kier molecular flexibility index (Phi) is 1.39. The fourth-order valence-electron chi connectivity index (χ4n) is 0.432. The number of hydrogen-bond acceptors (Lipinski definition) is 4. The van der Waals surface area contributed by atoms with Crippen molar-refractivity contribution in [3.8, 4) is 0 Å². The first-order valence-corrected chi connectivity index (χ1v) is 2.20. The molecule has 1 rings (SSSR count). The van der Waals surface area contributed by atoms with Crippen LogP contribution in [-0.4, -0.2) is 18.5 Å². The number of amidine groups is 1. The third-order valence-electron chi connectivity index (χ3n) is 0.762. The van der Waals surface area contributed by atoms with Crippen LogP contribution in [0.5, 0.6) is 0 Å². The van der Waals surface area contributed by atoms with E-state index in [4.69, 9.17) is 0 Å². The van der Waals surface area contributed by atoms with Gasteiger partial charge in [0.15, 0.2) is 5.84 Å². The van der Waals surface area contributed by atoms with Crippen molar-refractivity contribution in [1.29, 1.82) is 0 Å². The minimum absolute atomic E-state index is 0.431. The highest BCUT2D eigenvalue weighted by molar-refractivity contribution is 5.87. The van der Waals surface area contributed by atoms with Crippen LogP contribution in [0.3, 0.4) is 0 Å². The molecule has 0 N–H and O–H groups in total. The van der Waals surface area contributed by atoms with Gasteiger partial charge in [-0.3, -0.25) is 0 Å². The first-order valence-electron chi connectivity index (χ1n) is 2.20. The molecule has 0 aromatic rings. The predicted octanol–water partition coefficient (Wildman–Crippen LogP) is 0.0560. The lowest BCUT2D eigenvalue weighted by Crippen LogP contribution is -1.86. The second-order valence-electron chi connectivity index (χ2n) is 1.29. The van der Waals surface area contributed by atoms with E-state index < -0.39 is 0 Å². The summed E-state index contributed by atoms with van der Waals surface area (Å²) < 4.78 is 0. The van der Waals surface area contributed by atoms with Crippen molar-refractivity contribution in [1.82, 2.24) is 0 Å². The highest BCUT2D eigenvalue weighted by atomic mass is 16.6. The smallest absolute Gasteiger partial charge is 0.241 e. The van der Waals surface area contributed by atoms with Crippen LogP contribution in [0, 0.1) is 0 Å². The van der Waals surface area contributed by atoms with Crippen LogP contribution < -0.4 is 0 Å². The van der Waals surface area contributed by atoms with Crippen LogP contribution in [0.25, 0.3) is 0 Å². The highest BCUT2D eigenvalue weighted by Crippen LogP contribution is 1.98. The maximum Gasteiger partial charge on any atom is 0.241 e. The van der Waals surface area contributed by atoms with Crippen molar-refractivity contribution in [3.63, 3.8) is 0 Å². The van der Waals surface area contributed by atoms with E-state index in [0.29, 0.717) is 18.9 Å². The van der Waals surface area contributed by atoms with E-state index in [-0.39, 0.29) is 0 Å². The molecular formula is C4H4N2O2. The van der Waals surface area contributed by atoms with Gasteiger partial charge in [0.25, 0.3) is 0 Å². The maximum absolute atomic E-state index is 9.53. The van der Waals surface area contributed by atoms with Gasteiger partial charge in [-0.1, -0.05) is 5.16 Å². The third kappa shape index (κ3) is 0.918. The molecule has 4 heteroatoms. The predicted molar refractivity (Wildman–Crippen MR) is 26.1 cm³/mol. The van der Waals surface area contributed by atoms with Gasteiger partial charge in [0.2, 0.25) is 6.08 Å². The van der Waals surface area contributed by atoms with E-state index in [0.717, 1.165) is 0 Å². The Hall–Kier alpha value is -1.15. The van der Waals surface area contributed by atoms with E-state index in [9.17, 15) is 4.79 Å². The summed E-state index contributed by atoms with van der Waals surface area (Å²) in [7, 11) is 0. The Labute approximate surface area is 45.8 Å². The van der Waals surface area contributed by atoms with Gasteiger partial charge in [-0.2, -0.15) is 0 Å². The third-order valence-corrected chi connectivity index (χ3v) is 0.762. The molecule has 4 nitrogen and oxygen atoms in total. The first kappa shape index (κ1) is 5.00. The number of isocyanates is 1. The Morgan fingerprint density at radius 1 is 1.88 bits per heavy atom. The summed E-state index contributed by atoms with van der Waals surface area (Å²) in [5, 5.41) is 3.41. The van der Waals surface area contributed by atoms with E-state index in [1.54, 1.807) is 0 Å². The van der Waals surface area contributed by atoms with Gasteiger partial charge < -0.3 is 4.84 Å². The fourth-order valence-corrected chi connectivity index (χ4v) is 0.432. The molecule has 0 aliphatic carbocycles. The molecule has 0 fully saturated rings. The van der Waals surface area contributed by atoms with Gasteiger partial charge in [-0.25, -0.2) is 4.79 Å². The van der Waals surface area contributed by atoms with Gasteiger partial charge in [0, 0.05) is 6.42 Å². The molecule has 8 heavy (non-hydrogen) atoms. The number of hydrogen-bond donors (Lipinski definition) is 0. The Bertz CT molecular complexity index is 157. The van der Waals surface area contributed by atoms with Crippen LogP contribution in [0.15, 0.2) is 10.1 Å². The van der Waals surface area contributed by atoms with Crippen LogP contribution >= 0.6 is 0 Å². The molecule has 1 heterocycles. The van der Waals surface area contributed by atoms with E-state index in [2.05, 4.69) is 15.0 Å². The van der Waals surface area contributed by atoms with Gasteiger partial charge in [0.05, 0.1) is 0 Å². The number of aliphatic imine (C=N–C) groups is 1. The Balaban J connectivity index is 2.57. The summed E-state index contributed by atoms with van der Waals surface area (Å²) in [6.45, 7) is 0.528. The number of carbonyl (C=O) groups excluding carboxylic acids is 1. The van der Waals surface area contributed by atoms with Crippen molar-refractivity contribution < 1.29 is 9.63 Å². The second kappa shape index (κ2) is 2.23. The molecular weight excluding hydrogens is 108 g/mol. The molecule has 0 saturated carbocycles. The lowest BCUT2D eigenvalue weighted by atomic mass is 10.4. The molecule has 0 bridgehead atoms. The molecule has 0 radical (unpaired) electrons. The Morgan fingerprint density at radius 3 is 3.25 bits per heavy atom. The molecule has 0 spiro atoms. The van der Waals surface area contributed by atoms with Crippen LogP contribution in [0.2, 0.25) is 0 Å². The van der Waals surface area contributed by atoms with Gasteiger partial charge in [0.1, 0.15) is 6.61 Å². The number of nitrogens with zero attached hydrogens (tertiary/aromatic N) is 2. The summed E-state index contributed by atoms with van der Waals surface area (Å²) >= 11 is 0. The van der Waals surface area contributed by atoms with E-state index in [1.807, 2.05) is 0 Å². The van der Waals surface area contributed by atoms with Gasteiger partial charge in [-0.05, 0) is 0 Å².